The predicted molar refractivity (Wildman–Crippen MR) is 112 cm³/mol. The fraction of sp³-hybridized carbons (Fsp3) is 0.217. The van der Waals surface area contributed by atoms with E-state index in [9.17, 15) is 27.0 Å². The number of hydrogen-bond acceptors (Lipinski definition) is 3. The molecule has 0 aromatic heterocycles. The molecule has 0 saturated heterocycles. The maximum absolute atomic E-state index is 12.9. The molecule has 1 aliphatic heterocycles. The number of carbonyl (C=O) groups is 2. The first-order valence-electron chi connectivity index (χ1n) is 9.67. The smallest absolute Gasteiger partial charge is 0.352 e. The maximum atomic E-state index is 12.9. The van der Waals surface area contributed by atoms with Gasteiger partial charge in [-0.05, 0) is 47.0 Å². The third-order valence-electron chi connectivity index (χ3n) is 5.26. The molecular formula is C23H18F3NO3S. The van der Waals surface area contributed by atoms with Crippen LogP contribution in [0, 0.1) is 0 Å². The number of halogens is 3. The monoisotopic (exact) mass is 445 g/mol. The molecule has 0 spiro atoms. The summed E-state index contributed by atoms with van der Waals surface area (Å²) in [6.45, 7) is 0.176. The molecule has 0 radical (unpaired) electrons. The van der Waals surface area contributed by atoms with Gasteiger partial charge in [-0.3, -0.25) is 13.8 Å². The Kier molecular flexibility index (Phi) is 5.66. The summed E-state index contributed by atoms with van der Waals surface area (Å²) in [5.41, 5.74) is 0.330. The molecule has 1 unspecified atom stereocenters. The quantitative estimate of drug-likeness (QED) is 0.642. The van der Waals surface area contributed by atoms with Gasteiger partial charge in [0.1, 0.15) is 0 Å². The Morgan fingerprint density at radius 2 is 1.84 bits per heavy atom. The topological polar surface area (TPSA) is 63.2 Å². The van der Waals surface area contributed by atoms with Crippen molar-refractivity contribution in [3.8, 4) is 0 Å². The first-order chi connectivity index (χ1) is 14.8. The SMILES string of the molecule is O=C(NCCc1cccc2ccc3c(c12)C(=O)CCS3=O)c1cccc(C(F)(F)F)c1. The Bertz CT molecular complexity index is 1220. The second-order valence-electron chi connectivity index (χ2n) is 7.26. The van der Waals surface area contributed by atoms with Gasteiger partial charge in [-0.15, -0.1) is 0 Å². The van der Waals surface area contributed by atoms with Gasteiger partial charge in [-0.25, -0.2) is 0 Å². The van der Waals surface area contributed by atoms with E-state index in [2.05, 4.69) is 5.32 Å². The molecule has 4 nitrogen and oxygen atoms in total. The van der Waals surface area contributed by atoms with Crippen LogP contribution in [0.15, 0.2) is 59.5 Å². The van der Waals surface area contributed by atoms with Crippen LogP contribution in [0.1, 0.15) is 38.3 Å². The molecule has 1 N–H and O–H groups in total. The highest BCUT2D eigenvalue weighted by Gasteiger charge is 2.31. The summed E-state index contributed by atoms with van der Waals surface area (Å²) in [5.74, 6) is -0.349. The lowest BCUT2D eigenvalue weighted by Crippen LogP contribution is -2.26. The number of nitrogens with one attached hydrogen (secondary N) is 1. The molecule has 1 heterocycles. The van der Waals surface area contributed by atoms with Crippen LogP contribution in [0.4, 0.5) is 13.2 Å². The average Bonchev–Trinajstić information content (AvgIpc) is 2.75. The molecule has 1 amide bonds. The highest BCUT2D eigenvalue weighted by Crippen LogP contribution is 2.32. The van der Waals surface area contributed by atoms with E-state index in [0.717, 1.165) is 28.5 Å². The Hall–Kier alpha value is -3.00. The van der Waals surface area contributed by atoms with Crippen LogP contribution in [0.2, 0.25) is 0 Å². The van der Waals surface area contributed by atoms with E-state index in [0.29, 0.717) is 22.6 Å². The lowest BCUT2D eigenvalue weighted by Gasteiger charge is -2.18. The molecule has 3 aromatic rings. The Morgan fingerprint density at radius 3 is 2.61 bits per heavy atom. The van der Waals surface area contributed by atoms with Crippen molar-refractivity contribution in [2.45, 2.75) is 23.9 Å². The lowest BCUT2D eigenvalue weighted by atomic mass is 9.94. The number of hydrogen-bond donors (Lipinski definition) is 1. The molecule has 0 saturated carbocycles. The van der Waals surface area contributed by atoms with Crippen molar-refractivity contribution in [1.29, 1.82) is 0 Å². The Labute approximate surface area is 178 Å². The summed E-state index contributed by atoms with van der Waals surface area (Å²) in [5, 5.41) is 4.21. The number of amides is 1. The molecule has 3 aromatic carbocycles. The van der Waals surface area contributed by atoms with Crippen molar-refractivity contribution in [2.24, 2.45) is 0 Å². The number of fused-ring (bicyclic) bond motifs is 3. The van der Waals surface area contributed by atoms with Crippen LogP contribution in [-0.2, 0) is 23.4 Å². The van der Waals surface area contributed by atoms with E-state index < -0.39 is 28.4 Å². The molecule has 4 rings (SSSR count). The first-order valence-corrected chi connectivity index (χ1v) is 11.0. The number of rotatable bonds is 4. The van der Waals surface area contributed by atoms with Crippen molar-refractivity contribution in [2.75, 3.05) is 12.3 Å². The minimum Gasteiger partial charge on any atom is -0.352 e. The van der Waals surface area contributed by atoms with Crippen LogP contribution >= 0.6 is 0 Å². The molecule has 160 valence electrons. The third-order valence-corrected chi connectivity index (χ3v) is 6.67. The van der Waals surface area contributed by atoms with Crippen molar-refractivity contribution >= 4 is 33.3 Å². The van der Waals surface area contributed by atoms with E-state index in [1.807, 2.05) is 24.3 Å². The number of ketones is 1. The standard InChI is InChI=1S/C23H18F3NO3S/c24-23(25,26)17-6-2-5-16(13-17)22(29)27-11-9-15-4-1-3-14-7-8-19-21(20(14)15)18(28)10-12-31(19)30/h1-8,13H,9-12H2,(H,27,29). The van der Waals surface area contributed by atoms with Crippen LogP contribution in [0.25, 0.3) is 10.8 Å². The largest absolute Gasteiger partial charge is 0.416 e. The third kappa shape index (κ3) is 4.25. The number of alkyl halides is 3. The fourth-order valence-electron chi connectivity index (χ4n) is 3.78. The summed E-state index contributed by atoms with van der Waals surface area (Å²) in [6, 6.07) is 13.3. The number of Topliss-reactive ketones (excluding diaryl/α,β-unsaturated/α-hetero) is 1. The number of benzene rings is 3. The zero-order chi connectivity index (χ0) is 22.2. The van der Waals surface area contributed by atoms with Gasteiger partial charge in [0.25, 0.3) is 5.91 Å². The summed E-state index contributed by atoms with van der Waals surface area (Å²) in [7, 11) is -1.23. The van der Waals surface area contributed by atoms with Gasteiger partial charge in [-0.2, -0.15) is 13.2 Å². The normalized spacial score (nSPS) is 16.2. The van der Waals surface area contributed by atoms with Crippen LogP contribution < -0.4 is 5.32 Å². The molecule has 0 fully saturated rings. The Morgan fingerprint density at radius 1 is 1.06 bits per heavy atom. The molecule has 1 atom stereocenters. The van der Waals surface area contributed by atoms with Crippen LogP contribution in [0.5, 0.6) is 0 Å². The average molecular weight is 445 g/mol. The van der Waals surface area contributed by atoms with Crippen molar-refractivity contribution in [3.63, 3.8) is 0 Å². The second kappa shape index (κ2) is 8.26. The van der Waals surface area contributed by atoms with E-state index >= 15 is 0 Å². The lowest BCUT2D eigenvalue weighted by molar-refractivity contribution is -0.137. The molecule has 31 heavy (non-hydrogen) atoms. The van der Waals surface area contributed by atoms with Crippen molar-refractivity contribution in [3.05, 3.63) is 76.9 Å². The van der Waals surface area contributed by atoms with Crippen molar-refractivity contribution < 1.29 is 27.0 Å². The predicted octanol–water partition coefficient (Wildman–Crippen LogP) is 4.53. The van der Waals surface area contributed by atoms with E-state index in [1.54, 1.807) is 6.07 Å². The fourth-order valence-corrected chi connectivity index (χ4v) is 5.03. The van der Waals surface area contributed by atoms with E-state index in [1.165, 1.54) is 12.1 Å². The van der Waals surface area contributed by atoms with E-state index in [4.69, 9.17) is 0 Å². The minimum atomic E-state index is -4.52. The summed E-state index contributed by atoms with van der Waals surface area (Å²) in [4.78, 5) is 25.4. The zero-order valence-electron chi connectivity index (χ0n) is 16.3. The molecule has 1 aliphatic rings. The molecular weight excluding hydrogens is 427 g/mol. The summed E-state index contributed by atoms with van der Waals surface area (Å²) in [6.07, 6.45) is -3.93. The first kappa shape index (κ1) is 21.2. The van der Waals surface area contributed by atoms with Crippen LogP contribution in [0.3, 0.4) is 0 Å². The molecule has 0 bridgehead atoms. The Balaban J connectivity index is 1.56. The summed E-state index contributed by atoms with van der Waals surface area (Å²) >= 11 is 0. The van der Waals surface area contributed by atoms with Gasteiger partial charge in [0, 0.05) is 29.8 Å². The van der Waals surface area contributed by atoms with Gasteiger partial charge in [0.15, 0.2) is 5.78 Å². The number of carbonyl (C=O) groups excluding carboxylic acids is 2. The molecule has 8 heteroatoms. The van der Waals surface area contributed by atoms with Crippen LogP contribution in [-0.4, -0.2) is 28.2 Å². The van der Waals surface area contributed by atoms with Gasteiger partial charge in [-0.1, -0.05) is 30.3 Å². The van der Waals surface area contributed by atoms with E-state index in [-0.39, 0.29) is 24.3 Å². The van der Waals surface area contributed by atoms with Crippen molar-refractivity contribution in [1.82, 2.24) is 5.32 Å². The van der Waals surface area contributed by atoms with Gasteiger partial charge in [0.05, 0.1) is 21.3 Å². The second-order valence-corrected chi connectivity index (χ2v) is 8.80. The van der Waals surface area contributed by atoms with Gasteiger partial charge < -0.3 is 5.32 Å². The highest BCUT2D eigenvalue weighted by molar-refractivity contribution is 7.85. The zero-order valence-corrected chi connectivity index (χ0v) is 17.1. The summed E-state index contributed by atoms with van der Waals surface area (Å²) < 4.78 is 51.0. The maximum Gasteiger partial charge on any atom is 0.416 e. The van der Waals surface area contributed by atoms with Gasteiger partial charge >= 0.3 is 6.18 Å². The molecule has 0 aliphatic carbocycles. The minimum absolute atomic E-state index is 0.0550. The van der Waals surface area contributed by atoms with Gasteiger partial charge in [0.2, 0.25) is 0 Å². The highest BCUT2D eigenvalue weighted by atomic mass is 32.2.